The van der Waals surface area contributed by atoms with Crippen molar-refractivity contribution in [2.45, 2.75) is 11.3 Å². The fourth-order valence-corrected chi connectivity index (χ4v) is 4.44. The first-order valence-corrected chi connectivity index (χ1v) is 9.81. The van der Waals surface area contributed by atoms with Crippen molar-refractivity contribution in [3.8, 4) is 6.07 Å². The quantitative estimate of drug-likeness (QED) is 0.461. The molecule has 0 atom stereocenters. The first kappa shape index (κ1) is 18.2. The lowest BCUT2D eigenvalue weighted by molar-refractivity contribution is -0.112. The molecule has 0 fully saturated rings. The van der Waals surface area contributed by atoms with Gasteiger partial charge in [-0.15, -0.1) is 10.2 Å². The lowest BCUT2D eigenvalue weighted by Crippen LogP contribution is -2.26. The zero-order chi connectivity index (χ0) is 18.7. The molecule has 0 saturated heterocycles. The first-order valence-electron chi connectivity index (χ1n) is 8.01. The molecule has 1 aromatic carbocycles. The number of fused-ring (bicyclic) bond motifs is 1. The fourth-order valence-electron chi connectivity index (χ4n) is 2.75. The van der Waals surface area contributed by atoms with E-state index in [0.717, 1.165) is 23.1 Å². The van der Waals surface area contributed by atoms with Crippen LogP contribution < -0.4 is 15.1 Å². The minimum Gasteiger partial charge on any atom is -0.360 e. The predicted molar refractivity (Wildman–Crippen MR) is 106 cm³/mol. The van der Waals surface area contributed by atoms with Crippen molar-refractivity contribution in [3.63, 3.8) is 0 Å². The van der Waals surface area contributed by atoms with E-state index >= 15 is 0 Å². The summed E-state index contributed by atoms with van der Waals surface area (Å²) in [5.41, 5.74) is 2.09. The molecule has 0 spiro atoms. The third kappa shape index (κ3) is 3.38. The number of nitrogens with one attached hydrogen (secondary N) is 1. The molecular formula is C17H18N6OS2. The molecule has 0 saturated carbocycles. The maximum absolute atomic E-state index is 12.7. The molecule has 9 heteroatoms. The monoisotopic (exact) mass is 386 g/mol. The Morgan fingerprint density at radius 3 is 2.50 bits per heavy atom. The number of anilines is 3. The number of rotatable bonds is 6. The molecule has 1 aromatic heterocycles. The van der Waals surface area contributed by atoms with Crippen LogP contribution in [0.5, 0.6) is 0 Å². The number of hydrogen-bond donors (Lipinski definition) is 1. The van der Waals surface area contributed by atoms with Gasteiger partial charge >= 0.3 is 0 Å². The Bertz CT molecular complexity index is 870. The van der Waals surface area contributed by atoms with Crippen LogP contribution in [-0.4, -0.2) is 42.4 Å². The van der Waals surface area contributed by atoms with E-state index in [-0.39, 0.29) is 17.1 Å². The highest BCUT2D eigenvalue weighted by atomic mass is 32.2. The Morgan fingerprint density at radius 2 is 1.92 bits per heavy atom. The Labute approximate surface area is 160 Å². The highest BCUT2D eigenvalue weighted by Gasteiger charge is 2.31. The molecule has 0 radical (unpaired) electrons. The van der Waals surface area contributed by atoms with Crippen molar-refractivity contribution >= 4 is 45.4 Å². The zero-order valence-corrected chi connectivity index (χ0v) is 16.3. The maximum Gasteiger partial charge on any atom is 0.206 e. The Morgan fingerprint density at radius 1 is 1.27 bits per heavy atom. The number of Topliss-reactive ketones (excluding diaryl/α,β-unsaturated/α-hetero) is 1. The molecule has 0 unspecified atom stereocenters. The average Bonchev–Trinajstić information content (AvgIpc) is 3.19. The van der Waals surface area contributed by atoms with Gasteiger partial charge in [0.2, 0.25) is 5.13 Å². The Balaban J connectivity index is 1.79. The van der Waals surface area contributed by atoms with Crippen molar-refractivity contribution in [2.75, 3.05) is 41.5 Å². The van der Waals surface area contributed by atoms with Crippen molar-refractivity contribution in [1.29, 1.82) is 5.26 Å². The molecule has 2 aromatic rings. The molecule has 2 heterocycles. The van der Waals surface area contributed by atoms with Crippen LogP contribution in [0.3, 0.4) is 0 Å². The summed E-state index contributed by atoms with van der Waals surface area (Å²) >= 11 is 2.70. The van der Waals surface area contributed by atoms with E-state index in [4.69, 9.17) is 0 Å². The van der Waals surface area contributed by atoms with E-state index < -0.39 is 0 Å². The highest BCUT2D eigenvalue weighted by molar-refractivity contribution is 8.01. The highest BCUT2D eigenvalue weighted by Crippen LogP contribution is 2.40. The maximum atomic E-state index is 12.7. The lowest BCUT2D eigenvalue weighted by atomic mass is 10.2. The molecule has 26 heavy (non-hydrogen) atoms. The van der Waals surface area contributed by atoms with E-state index in [2.05, 4.69) is 21.6 Å². The topological polar surface area (TPSA) is 85.1 Å². The standard InChI is InChI=1S/C17H18N6OS2/c1-4-19-16-20-21-17(26-16)25-10-14(24)11(9-18)15-22(2)12-7-5-6-8-13(12)23(15)3/h5-8H,4,10H2,1-3H3,(H,19,20). The number of benzene rings is 1. The molecule has 1 aliphatic rings. The van der Waals surface area contributed by atoms with Gasteiger partial charge in [-0.05, 0) is 19.1 Å². The van der Waals surface area contributed by atoms with Crippen LogP contribution in [0.15, 0.2) is 40.0 Å². The zero-order valence-electron chi connectivity index (χ0n) is 14.7. The smallest absolute Gasteiger partial charge is 0.206 e. The van der Waals surface area contributed by atoms with E-state index in [0.29, 0.717) is 10.2 Å². The van der Waals surface area contributed by atoms with Crippen molar-refractivity contribution in [1.82, 2.24) is 10.2 Å². The summed E-state index contributed by atoms with van der Waals surface area (Å²) in [5.74, 6) is 0.523. The van der Waals surface area contributed by atoms with Gasteiger partial charge in [0.15, 0.2) is 10.1 Å². The van der Waals surface area contributed by atoms with Crippen molar-refractivity contribution in [3.05, 3.63) is 35.7 Å². The van der Waals surface area contributed by atoms with Crippen LogP contribution in [0.25, 0.3) is 0 Å². The number of aromatic nitrogens is 2. The Kier molecular flexibility index (Phi) is 5.44. The molecule has 0 bridgehead atoms. The number of carbonyl (C=O) groups is 1. The summed E-state index contributed by atoms with van der Waals surface area (Å²) in [5, 5.41) is 21.5. The number of hydrogen-bond acceptors (Lipinski definition) is 9. The van der Waals surface area contributed by atoms with Crippen LogP contribution >= 0.6 is 23.1 Å². The number of nitriles is 1. The van der Waals surface area contributed by atoms with E-state index in [9.17, 15) is 10.1 Å². The van der Waals surface area contributed by atoms with Gasteiger partial charge in [0.1, 0.15) is 17.5 Å². The van der Waals surface area contributed by atoms with Crippen LogP contribution in [0.1, 0.15) is 6.92 Å². The Hall–Kier alpha value is -2.57. The SMILES string of the molecule is CCNc1nnc(SCC(=O)C(C#N)=C2N(C)c3ccccc3N2C)s1. The summed E-state index contributed by atoms with van der Waals surface area (Å²) in [7, 11) is 3.73. The van der Waals surface area contributed by atoms with Crippen LogP contribution in [0.4, 0.5) is 16.5 Å². The summed E-state index contributed by atoms with van der Waals surface area (Å²) in [4.78, 5) is 16.5. The minimum atomic E-state index is -0.223. The molecule has 1 N–H and O–H groups in total. The van der Waals surface area contributed by atoms with Gasteiger partial charge in [0, 0.05) is 20.6 Å². The van der Waals surface area contributed by atoms with E-state index in [1.54, 1.807) is 0 Å². The van der Waals surface area contributed by atoms with E-state index in [1.807, 2.05) is 55.1 Å². The molecule has 3 rings (SSSR count). The van der Waals surface area contributed by atoms with Gasteiger partial charge in [-0.2, -0.15) is 5.26 Å². The predicted octanol–water partition coefficient (Wildman–Crippen LogP) is 2.95. The number of nitrogens with zero attached hydrogens (tertiary/aromatic N) is 5. The first-order chi connectivity index (χ1) is 12.6. The normalized spacial score (nSPS) is 12.8. The second-order valence-corrected chi connectivity index (χ2v) is 7.73. The van der Waals surface area contributed by atoms with Gasteiger partial charge in [-0.3, -0.25) is 4.79 Å². The van der Waals surface area contributed by atoms with Crippen LogP contribution in [0, 0.1) is 11.3 Å². The van der Waals surface area contributed by atoms with Crippen LogP contribution in [-0.2, 0) is 4.79 Å². The third-order valence-corrected chi connectivity index (χ3v) is 5.93. The minimum absolute atomic E-state index is 0.144. The number of allylic oxidation sites excluding steroid dienone is 1. The molecule has 0 amide bonds. The molecule has 134 valence electrons. The van der Waals surface area contributed by atoms with Crippen molar-refractivity contribution < 1.29 is 4.79 Å². The second-order valence-electron chi connectivity index (χ2n) is 5.53. The van der Waals surface area contributed by atoms with Crippen molar-refractivity contribution in [2.24, 2.45) is 0 Å². The number of thioether (sulfide) groups is 1. The van der Waals surface area contributed by atoms with Gasteiger partial charge in [-0.25, -0.2) is 0 Å². The van der Waals surface area contributed by atoms with Gasteiger partial charge < -0.3 is 15.1 Å². The summed E-state index contributed by atoms with van der Waals surface area (Å²) < 4.78 is 0.702. The van der Waals surface area contributed by atoms with Gasteiger partial charge in [0.05, 0.1) is 17.1 Å². The summed E-state index contributed by atoms with van der Waals surface area (Å²) in [6, 6.07) is 9.90. The van der Waals surface area contributed by atoms with E-state index in [1.165, 1.54) is 23.1 Å². The number of ketones is 1. The second kappa shape index (κ2) is 7.76. The molecular weight excluding hydrogens is 368 g/mol. The molecule has 1 aliphatic heterocycles. The summed E-state index contributed by atoms with van der Waals surface area (Å²) in [6.45, 7) is 2.75. The molecule has 7 nitrogen and oxygen atoms in total. The largest absolute Gasteiger partial charge is 0.360 e. The molecule has 0 aliphatic carbocycles. The van der Waals surface area contributed by atoms with Gasteiger partial charge in [0.25, 0.3) is 0 Å². The number of para-hydroxylation sites is 2. The lowest BCUT2D eigenvalue weighted by Gasteiger charge is -2.19. The average molecular weight is 387 g/mol. The fraction of sp³-hybridized carbons (Fsp3) is 0.294. The summed E-state index contributed by atoms with van der Waals surface area (Å²) in [6.07, 6.45) is 0. The number of carbonyl (C=O) groups excluding carboxylic acids is 1. The third-order valence-electron chi connectivity index (χ3n) is 3.92. The van der Waals surface area contributed by atoms with Crippen LogP contribution in [0.2, 0.25) is 0 Å². The van der Waals surface area contributed by atoms with Gasteiger partial charge in [-0.1, -0.05) is 35.2 Å².